The van der Waals surface area contributed by atoms with Crippen molar-refractivity contribution in [2.75, 3.05) is 13.7 Å². The quantitative estimate of drug-likeness (QED) is 0.821. The van der Waals surface area contributed by atoms with Gasteiger partial charge in [0.05, 0.1) is 13.7 Å². The van der Waals surface area contributed by atoms with Crippen LogP contribution in [0, 0.1) is 5.92 Å². The number of carbonyl (C=O) groups is 3. The van der Waals surface area contributed by atoms with E-state index in [2.05, 4.69) is 5.32 Å². The summed E-state index contributed by atoms with van der Waals surface area (Å²) < 4.78 is 9.88. The van der Waals surface area contributed by atoms with Crippen molar-refractivity contribution < 1.29 is 23.9 Å². The molecule has 1 aromatic carbocycles. The summed E-state index contributed by atoms with van der Waals surface area (Å²) in [7, 11) is 1.23. The van der Waals surface area contributed by atoms with Crippen molar-refractivity contribution in [3.8, 4) is 0 Å². The van der Waals surface area contributed by atoms with Gasteiger partial charge < -0.3 is 14.8 Å². The van der Waals surface area contributed by atoms with Crippen LogP contribution in [0.4, 0.5) is 0 Å². The fourth-order valence-electron chi connectivity index (χ4n) is 2.98. The predicted octanol–water partition coefficient (Wildman–Crippen LogP) is 1.01. The van der Waals surface area contributed by atoms with E-state index in [0.717, 1.165) is 5.56 Å². The standard InChI is InChI=1S/C16H19NO5/c1-4-22-14(19)13-12(11-8-6-5-7-9-11)16(13,15(20)21-3)17-10(2)18/h5-9,12-13H,4H2,1-3H3,(H,17,18). The lowest BCUT2D eigenvalue weighted by atomic mass is 10.1. The van der Waals surface area contributed by atoms with Gasteiger partial charge in [-0.1, -0.05) is 30.3 Å². The van der Waals surface area contributed by atoms with Crippen molar-refractivity contribution in [1.82, 2.24) is 5.32 Å². The fourth-order valence-corrected chi connectivity index (χ4v) is 2.98. The minimum absolute atomic E-state index is 0.203. The van der Waals surface area contributed by atoms with Gasteiger partial charge in [-0.3, -0.25) is 9.59 Å². The molecule has 0 radical (unpaired) electrons. The normalized spacial score (nSPS) is 26.0. The number of carbonyl (C=O) groups excluding carboxylic acids is 3. The summed E-state index contributed by atoms with van der Waals surface area (Å²) in [6, 6.07) is 9.08. The van der Waals surface area contributed by atoms with Crippen LogP contribution >= 0.6 is 0 Å². The Balaban J connectivity index is 2.44. The zero-order chi connectivity index (χ0) is 16.3. The Kier molecular flexibility index (Phi) is 4.49. The lowest BCUT2D eigenvalue weighted by Crippen LogP contribution is -2.46. The molecule has 0 saturated heterocycles. The minimum atomic E-state index is -1.39. The summed E-state index contributed by atoms with van der Waals surface area (Å²) in [6.45, 7) is 3.19. The monoisotopic (exact) mass is 305 g/mol. The molecule has 3 atom stereocenters. The SMILES string of the molecule is CCOC(=O)C1C(c2ccccc2)C1(NC(C)=O)C(=O)OC. The van der Waals surface area contributed by atoms with Gasteiger partial charge in [0.2, 0.25) is 5.91 Å². The number of nitrogens with one attached hydrogen (secondary N) is 1. The van der Waals surface area contributed by atoms with Crippen molar-refractivity contribution in [2.24, 2.45) is 5.92 Å². The van der Waals surface area contributed by atoms with E-state index >= 15 is 0 Å². The molecule has 1 N–H and O–H groups in total. The molecule has 0 spiro atoms. The maximum Gasteiger partial charge on any atom is 0.333 e. The molecule has 2 rings (SSSR count). The Hall–Kier alpha value is -2.37. The summed E-state index contributed by atoms with van der Waals surface area (Å²) in [5.41, 5.74) is -0.617. The molecule has 0 heterocycles. The second-order valence-corrected chi connectivity index (χ2v) is 5.16. The molecule has 1 amide bonds. The summed E-state index contributed by atoms with van der Waals surface area (Å²) >= 11 is 0. The van der Waals surface area contributed by atoms with Gasteiger partial charge in [0, 0.05) is 12.8 Å². The smallest absolute Gasteiger partial charge is 0.333 e. The van der Waals surface area contributed by atoms with Gasteiger partial charge >= 0.3 is 11.9 Å². The fraction of sp³-hybridized carbons (Fsp3) is 0.438. The van der Waals surface area contributed by atoms with Gasteiger partial charge in [-0.25, -0.2) is 4.79 Å². The Morgan fingerprint density at radius 1 is 1.23 bits per heavy atom. The highest BCUT2D eigenvalue weighted by Gasteiger charge is 2.75. The second kappa shape index (κ2) is 6.17. The summed E-state index contributed by atoms with van der Waals surface area (Å²) in [5.74, 6) is -2.85. The first kappa shape index (κ1) is 16.0. The topological polar surface area (TPSA) is 81.7 Å². The highest BCUT2D eigenvalue weighted by atomic mass is 16.5. The molecular formula is C16H19NO5. The Morgan fingerprint density at radius 2 is 1.86 bits per heavy atom. The van der Waals surface area contributed by atoms with Crippen LogP contribution in [-0.4, -0.2) is 37.1 Å². The molecule has 1 aromatic rings. The molecule has 0 aliphatic heterocycles. The molecule has 118 valence electrons. The average Bonchev–Trinajstić information content (AvgIpc) is 3.16. The van der Waals surface area contributed by atoms with Gasteiger partial charge in [-0.2, -0.15) is 0 Å². The molecule has 6 heteroatoms. The molecular weight excluding hydrogens is 286 g/mol. The van der Waals surface area contributed by atoms with Crippen molar-refractivity contribution >= 4 is 17.8 Å². The molecule has 1 fully saturated rings. The molecule has 0 aromatic heterocycles. The molecule has 0 bridgehead atoms. The number of methoxy groups -OCH3 is 1. The number of ether oxygens (including phenoxy) is 2. The van der Waals surface area contributed by atoms with E-state index in [-0.39, 0.29) is 6.61 Å². The van der Waals surface area contributed by atoms with Crippen LogP contribution in [0.3, 0.4) is 0 Å². The highest BCUT2D eigenvalue weighted by molar-refractivity contribution is 6.01. The van der Waals surface area contributed by atoms with Crippen LogP contribution in [-0.2, 0) is 23.9 Å². The van der Waals surface area contributed by atoms with E-state index in [1.807, 2.05) is 30.3 Å². The highest BCUT2D eigenvalue weighted by Crippen LogP contribution is 2.58. The van der Waals surface area contributed by atoms with Crippen molar-refractivity contribution in [3.05, 3.63) is 35.9 Å². The lowest BCUT2D eigenvalue weighted by molar-refractivity contribution is -0.152. The Labute approximate surface area is 128 Å². The van der Waals surface area contributed by atoms with Crippen LogP contribution in [0.15, 0.2) is 30.3 Å². The zero-order valence-corrected chi connectivity index (χ0v) is 12.8. The third-order valence-corrected chi connectivity index (χ3v) is 3.81. The maximum atomic E-state index is 12.3. The first-order chi connectivity index (χ1) is 10.5. The largest absolute Gasteiger partial charge is 0.467 e. The maximum absolute atomic E-state index is 12.3. The van der Waals surface area contributed by atoms with E-state index in [1.165, 1.54) is 14.0 Å². The van der Waals surface area contributed by atoms with Crippen LogP contribution < -0.4 is 5.32 Å². The molecule has 1 aliphatic rings. The molecule has 3 unspecified atom stereocenters. The number of amides is 1. The molecule has 1 saturated carbocycles. The van der Waals surface area contributed by atoms with Gasteiger partial charge in [-0.15, -0.1) is 0 Å². The predicted molar refractivity (Wildman–Crippen MR) is 77.9 cm³/mol. The zero-order valence-electron chi connectivity index (χ0n) is 12.8. The van der Waals surface area contributed by atoms with Gasteiger partial charge in [0.15, 0.2) is 5.54 Å². The van der Waals surface area contributed by atoms with Gasteiger partial charge in [0.1, 0.15) is 5.92 Å². The Bertz CT molecular complexity index is 585. The van der Waals surface area contributed by atoms with Crippen LogP contribution in [0.2, 0.25) is 0 Å². The number of hydrogen-bond donors (Lipinski definition) is 1. The average molecular weight is 305 g/mol. The van der Waals surface area contributed by atoms with Gasteiger partial charge in [0.25, 0.3) is 0 Å². The van der Waals surface area contributed by atoms with E-state index in [9.17, 15) is 14.4 Å². The summed E-state index contributed by atoms with van der Waals surface area (Å²) in [6.07, 6.45) is 0. The molecule has 6 nitrogen and oxygen atoms in total. The van der Waals surface area contributed by atoms with E-state index in [4.69, 9.17) is 9.47 Å². The van der Waals surface area contributed by atoms with Crippen LogP contribution in [0.1, 0.15) is 25.3 Å². The number of benzene rings is 1. The second-order valence-electron chi connectivity index (χ2n) is 5.16. The number of rotatable bonds is 5. The minimum Gasteiger partial charge on any atom is -0.467 e. The third-order valence-electron chi connectivity index (χ3n) is 3.81. The van der Waals surface area contributed by atoms with Crippen molar-refractivity contribution in [2.45, 2.75) is 25.3 Å². The van der Waals surface area contributed by atoms with Crippen LogP contribution in [0.5, 0.6) is 0 Å². The lowest BCUT2D eigenvalue weighted by Gasteiger charge is -2.16. The third kappa shape index (κ3) is 2.56. The van der Waals surface area contributed by atoms with Crippen LogP contribution in [0.25, 0.3) is 0 Å². The first-order valence-electron chi connectivity index (χ1n) is 7.07. The van der Waals surface area contributed by atoms with Crippen molar-refractivity contribution in [3.63, 3.8) is 0 Å². The number of esters is 2. The summed E-state index contributed by atoms with van der Waals surface area (Å²) in [4.78, 5) is 36.1. The van der Waals surface area contributed by atoms with E-state index < -0.39 is 35.2 Å². The van der Waals surface area contributed by atoms with E-state index in [0.29, 0.717) is 0 Å². The molecule has 22 heavy (non-hydrogen) atoms. The van der Waals surface area contributed by atoms with E-state index in [1.54, 1.807) is 6.92 Å². The number of hydrogen-bond acceptors (Lipinski definition) is 5. The van der Waals surface area contributed by atoms with Gasteiger partial charge in [-0.05, 0) is 12.5 Å². The summed E-state index contributed by atoms with van der Waals surface area (Å²) in [5, 5.41) is 2.60. The van der Waals surface area contributed by atoms with Crippen molar-refractivity contribution in [1.29, 1.82) is 0 Å². The Morgan fingerprint density at radius 3 is 2.36 bits per heavy atom. The first-order valence-corrected chi connectivity index (χ1v) is 7.07. The molecule has 1 aliphatic carbocycles.